The average molecular weight is 377 g/mol. The fourth-order valence-electron chi connectivity index (χ4n) is 2.50. The lowest BCUT2D eigenvalue weighted by atomic mass is 10.1. The van der Waals surface area contributed by atoms with Crippen molar-refractivity contribution in [3.05, 3.63) is 53.1 Å². The highest BCUT2D eigenvalue weighted by molar-refractivity contribution is 7.89. The fraction of sp³-hybridized carbons (Fsp3) is 0.316. The molecule has 2 aromatic rings. The minimum atomic E-state index is -3.83. The van der Waals surface area contributed by atoms with Crippen molar-refractivity contribution in [3.63, 3.8) is 0 Å². The number of para-hydroxylation sites is 1. The maximum Gasteiger partial charge on any atom is 0.343 e. The van der Waals surface area contributed by atoms with Gasteiger partial charge in [-0.15, -0.1) is 0 Å². The zero-order valence-corrected chi connectivity index (χ0v) is 16.3. The Kier molecular flexibility index (Phi) is 6.05. The molecule has 0 aliphatic rings. The molecule has 0 spiro atoms. The Morgan fingerprint density at radius 3 is 2.23 bits per heavy atom. The molecule has 0 unspecified atom stereocenters. The molecule has 0 aliphatic carbocycles. The molecule has 0 heterocycles. The standard InChI is InChI=1S/C19H23NO5S/c1-12(2)20-26(22,23)17-11-15(9-10-16(17)24-5)19(21)25-18-13(3)7-6-8-14(18)4/h6-12,20H,1-5H3. The van der Waals surface area contributed by atoms with Crippen LogP contribution in [0.2, 0.25) is 0 Å². The van der Waals surface area contributed by atoms with Crippen LogP contribution in [0.5, 0.6) is 11.5 Å². The topological polar surface area (TPSA) is 81.7 Å². The maximum atomic E-state index is 12.5. The van der Waals surface area contributed by atoms with Gasteiger partial charge < -0.3 is 9.47 Å². The number of carbonyl (C=O) groups is 1. The second kappa shape index (κ2) is 7.88. The number of carbonyl (C=O) groups excluding carboxylic acids is 1. The largest absolute Gasteiger partial charge is 0.495 e. The summed E-state index contributed by atoms with van der Waals surface area (Å²) in [5.74, 6) is -0.00847. The molecule has 0 fully saturated rings. The van der Waals surface area contributed by atoms with Crippen molar-refractivity contribution in [2.24, 2.45) is 0 Å². The van der Waals surface area contributed by atoms with Crippen molar-refractivity contribution in [2.45, 2.75) is 38.6 Å². The van der Waals surface area contributed by atoms with Gasteiger partial charge in [0.05, 0.1) is 12.7 Å². The Labute approximate surface area is 154 Å². The lowest BCUT2D eigenvalue weighted by Crippen LogP contribution is -2.30. The molecule has 2 rings (SSSR count). The normalized spacial score (nSPS) is 11.5. The molecule has 2 aromatic carbocycles. The number of esters is 1. The van der Waals surface area contributed by atoms with Gasteiger partial charge in [0.25, 0.3) is 0 Å². The number of benzene rings is 2. The van der Waals surface area contributed by atoms with Crippen molar-refractivity contribution in [1.29, 1.82) is 0 Å². The van der Waals surface area contributed by atoms with E-state index in [0.717, 1.165) is 11.1 Å². The average Bonchev–Trinajstić information content (AvgIpc) is 2.56. The molecule has 26 heavy (non-hydrogen) atoms. The quantitative estimate of drug-likeness (QED) is 0.617. The van der Waals surface area contributed by atoms with Crippen LogP contribution in [0.4, 0.5) is 0 Å². The molecule has 0 atom stereocenters. The smallest absolute Gasteiger partial charge is 0.343 e. The molecule has 7 heteroatoms. The molecule has 1 N–H and O–H groups in total. The number of aryl methyl sites for hydroxylation is 2. The first-order valence-electron chi connectivity index (χ1n) is 8.14. The van der Waals surface area contributed by atoms with Gasteiger partial charge in [-0.3, -0.25) is 0 Å². The Hall–Kier alpha value is -2.38. The van der Waals surface area contributed by atoms with E-state index in [9.17, 15) is 13.2 Å². The van der Waals surface area contributed by atoms with Crippen LogP contribution in [0.3, 0.4) is 0 Å². The number of hydrogen-bond donors (Lipinski definition) is 1. The van der Waals surface area contributed by atoms with Crippen molar-refractivity contribution in [3.8, 4) is 11.5 Å². The highest BCUT2D eigenvalue weighted by Gasteiger charge is 2.23. The summed E-state index contributed by atoms with van der Waals surface area (Å²) in [5, 5.41) is 0. The van der Waals surface area contributed by atoms with E-state index >= 15 is 0 Å². The van der Waals surface area contributed by atoms with E-state index in [1.165, 1.54) is 25.3 Å². The van der Waals surface area contributed by atoms with E-state index in [1.807, 2.05) is 32.0 Å². The summed E-state index contributed by atoms with van der Waals surface area (Å²) in [5.41, 5.74) is 1.76. The zero-order chi connectivity index (χ0) is 19.5. The van der Waals surface area contributed by atoms with Crippen LogP contribution in [0.25, 0.3) is 0 Å². The molecule has 0 aliphatic heterocycles. The molecule has 0 saturated carbocycles. The molecule has 0 radical (unpaired) electrons. The third-order valence-electron chi connectivity index (χ3n) is 3.68. The van der Waals surface area contributed by atoms with E-state index in [0.29, 0.717) is 5.75 Å². The van der Waals surface area contributed by atoms with Gasteiger partial charge in [-0.05, 0) is 57.0 Å². The van der Waals surface area contributed by atoms with E-state index < -0.39 is 16.0 Å². The monoisotopic (exact) mass is 377 g/mol. The molecule has 140 valence electrons. The molecular formula is C19H23NO5S. The number of ether oxygens (including phenoxy) is 2. The Morgan fingerprint density at radius 2 is 1.69 bits per heavy atom. The molecular weight excluding hydrogens is 354 g/mol. The van der Waals surface area contributed by atoms with Crippen LogP contribution < -0.4 is 14.2 Å². The van der Waals surface area contributed by atoms with Crippen LogP contribution in [0, 0.1) is 13.8 Å². The van der Waals surface area contributed by atoms with Crippen molar-refractivity contribution < 1.29 is 22.7 Å². The van der Waals surface area contributed by atoms with Crippen molar-refractivity contribution >= 4 is 16.0 Å². The van der Waals surface area contributed by atoms with Gasteiger partial charge in [0.2, 0.25) is 10.0 Å². The van der Waals surface area contributed by atoms with Gasteiger partial charge in [-0.1, -0.05) is 18.2 Å². The van der Waals surface area contributed by atoms with Gasteiger partial charge in [0.1, 0.15) is 16.4 Å². The molecule has 0 bridgehead atoms. The summed E-state index contributed by atoms with van der Waals surface area (Å²) < 4.78 is 38.1. The van der Waals surface area contributed by atoms with Crippen LogP contribution in [0.15, 0.2) is 41.3 Å². The predicted octanol–water partition coefficient (Wildman–Crippen LogP) is 3.22. The highest BCUT2D eigenvalue weighted by Crippen LogP contribution is 2.27. The van der Waals surface area contributed by atoms with Gasteiger partial charge in [-0.25, -0.2) is 17.9 Å². The second-order valence-corrected chi connectivity index (χ2v) is 7.93. The summed E-state index contributed by atoms with van der Waals surface area (Å²) >= 11 is 0. The Morgan fingerprint density at radius 1 is 1.08 bits per heavy atom. The van der Waals surface area contributed by atoms with E-state index in [1.54, 1.807) is 13.8 Å². The van der Waals surface area contributed by atoms with Crippen LogP contribution in [-0.2, 0) is 10.0 Å². The summed E-state index contributed by atoms with van der Waals surface area (Å²) in [6, 6.07) is 9.43. The van der Waals surface area contributed by atoms with Crippen LogP contribution in [-0.4, -0.2) is 27.5 Å². The van der Waals surface area contributed by atoms with E-state index in [-0.39, 0.29) is 22.3 Å². The number of sulfonamides is 1. The predicted molar refractivity (Wildman–Crippen MR) is 99.3 cm³/mol. The first-order valence-corrected chi connectivity index (χ1v) is 9.62. The fourth-order valence-corrected chi connectivity index (χ4v) is 3.95. The summed E-state index contributed by atoms with van der Waals surface area (Å²) in [7, 11) is -2.46. The number of methoxy groups -OCH3 is 1. The van der Waals surface area contributed by atoms with Gasteiger partial charge in [-0.2, -0.15) is 0 Å². The number of hydrogen-bond acceptors (Lipinski definition) is 5. The first kappa shape index (κ1) is 19.9. The highest BCUT2D eigenvalue weighted by atomic mass is 32.2. The van der Waals surface area contributed by atoms with E-state index in [4.69, 9.17) is 9.47 Å². The third kappa shape index (κ3) is 4.42. The third-order valence-corrected chi connectivity index (χ3v) is 5.36. The van der Waals surface area contributed by atoms with Crippen LogP contribution in [0.1, 0.15) is 35.3 Å². The van der Waals surface area contributed by atoms with Gasteiger partial charge in [0, 0.05) is 6.04 Å². The summed E-state index contributed by atoms with van der Waals surface area (Å²) in [6.07, 6.45) is 0. The Balaban J connectivity index is 2.42. The van der Waals surface area contributed by atoms with Crippen LogP contribution >= 0.6 is 0 Å². The second-order valence-electron chi connectivity index (χ2n) is 6.25. The Bertz CT molecular complexity index is 899. The number of nitrogens with one attached hydrogen (secondary N) is 1. The van der Waals surface area contributed by atoms with Crippen molar-refractivity contribution in [1.82, 2.24) is 4.72 Å². The minimum Gasteiger partial charge on any atom is -0.495 e. The molecule has 0 amide bonds. The first-order chi connectivity index (χ1) is 12.2. The summed E-state index contributed by atoms with van der Waals surface area (Å²) in [4.78, 5) is 12.4. The van der Waals surface area contributed by atoms with Crippen molar-refractivity contribution in [2.75, 3.05) is 7.11 Å². The zero-order valence-electron chi connectivity index (χ0n) is 15.5. The SMILES string of the molecule is COc1ccc(C(=O)Oc2c(C)cccc2C)cc1S(=O)(=O)NC(C)C. The van der Waals surface area contributed by atoms with Gasteiger partial charge >= 0.3 is 5.97 Å². The molecule has 6 nitrogen and oxygen atoms in total. The summed E-state index contributed by atoms with van der Waals surface area (Å²) in [6.45, 7) is 7.10. The minimum absolute atomic E-state index is 0.107. The maximum absolute atomic E-state index is 12.5. The van der Waals surface area contributed by atoms with E-state index in [2.05, 4.69) is 4.72 Å². The van der Waals surface area contributed by atoms with Gasteiger partial charge in [0.15, 0.2) is 0 Å². The lowest BCUT2D eigenvalue weighted by Gasteiger charge is -2.14. The number of rotatable bonds is 6. The lowest BCUT2D eigenvalue weighted by molar-refractivity contribution is 0.0732. The molecule has 0 saturated heterocycles. The molecule has 0 aromatic heterocycles.